The van der Waals surface area contributed by atoms with Crippen molar-refractivity contribution >= 4 is 23.1 Å². The Labute approximate surface area is 129 Å². The van der Waals surface area contributed by atoms with E-state index in [1.165, 1.54) is 33.9 Å². The number of hydrogen-bond donors (Lipinski definition) is 1. The smallest absolute Gasteiger partial charge is 0.0673 e. The van der Waals surface area contributed by atoms with Gasteiger partial charge in [0, 0.05) is 15.5 Å². The highest BCUT2D eigenvalue weighted by Gasteiger charge is 2.21. The van der Waals surface area contributed by atoms with Crippen molar-refractivity contribution in [3.63, 3.8) is 0 Å². The molecule has 106 valence electrons. The standard InChI is InChI=1S/C17H21NS2/c1-3-18-17(14-7-5-4-6-12(14)2)16-10-13-11-19-9-8-15(13)20-16/h4-7,10,17-18H,3,8-9,11H2,1-2H3. The molecular weight excluding hydrogens is 282 g/mol. The van der Waals surface area contributed by atoms with Crippen molar-refractivity contribution in [2.24, 2.45) is 0 Å². The fourth-order valence-electron chi connectivity index (χ4n) is 2.79. The Morgan fingerprint density at radius 1 is 1.30 bits per heavy atom. The van der Waals surface area contributed by atoms with Gasteiger partial charge in [-0.3, -0.25) is 0 Å². The zero-order chi connectivity index (χ0) is 13.9. The number of fused-ring (bicyclic) bond motifs is 1. The summed E-state index contributed by atoms with van der Waals surface area (Å²) >= 11 is 4.07. The van der Waals surface area contributed by atoms with Gasteiger partial charge in [-0.2, -0.15) is 11.8 Å². The molecule has 1 nitrogen and oxygen atoms in total. The molecule has 1 aliphatic heterocycles. The Morgan fingerprint density at radius 3 is 2.90 bits per heavy atom. The molecule has 3 rings (SSSR count). The number of nitrogens with one attached hydrogen (secondary N) is 1. The molecule has 0 fully saturated rings. The van der Waals surface area contributed by atoms with Gasteiger partial charge in [-0.25, -0.2) is 0 Å². The third-order valence-electron chi connectivity index (χ3n) is 3.84. The Morgan fingerprint density at radius 2 is 2.15 bits per heavy atom. The van der Waals surface area contributed by atoms with E-state index >= 15 is 0 Å². The maximum atomic E-state index is 3.67. The van der Waals surface area contributed by atoms with Crippen LogP contribution in [0.1, 0.15) is 39.4 Å². The third-order valence-corrected chi connectivity index (χ3v) is 6.15. The number of aryl methyl sites for hydroxylation is 2. The van der Waals surface area contributed by atoms with Gasteiger partial charge in [0.2, 0.25) is 0 Å². The van der Waals surface area contributed by atoms with Gasteiger partial charge >= 0.3 is 0 Å². The number of thiophene rings is 1. The largest absolute Gasteiger partial charge is 0.306 e. The second-order valence-electron chi connectivity index (χ2n) is 5.25. The molecular formula is C17H21NS2. The number of benzene rings is 1. The molecule has 3 heteroatoms. The molecule has 1 N–H and O–H groups in total. The summed E-state index contributed by atoms with van der Waals surface area (Å²) in [6.07, 6.45) is 1.25. The summed E-state index contributed by atoms with van der Waals surface area (Å²) in [5, 5.41) is 3.67. The van der Waals surface area contributed by atoms with Gasteiger partial charge in [-0.1, -0.05) is 31.2 Å². The fourth-order valence-corrected chi connectivity index (χ4v) is 5.26. The zero-order valence-corrected chi connectivity index (χ0v) is 13.7. The average molecular weight is 303 g/mol. The topological polar surface area (TPSA) is 12.0 Å². The molecule has 0 saturated carbocycles. The SMILES string of the molecule is CCNC(c1cc2c(s1)CCSC2)c1ccccc1C. The van der Waals surface area contributed by atoms with E-state index in [-0.39, 0.29) is 0 Å². The van der Waals surface area contributed by atoms with Crippen molar-refractivity contribution in [2.75, 3.05) is 12.3 Å². The lowest BCUT2D eigenvalue weighted by molar-refractivity contribution is 0.636. The van der Waals surface area contributed by atoms with Gasteiger partial charge in [0.05, 0.1) is 6.04 Å². The molecule has 0 bridgehead atoms. The molecule has 2 heterocycles. The third kappa shape index (κ3) is 2.80. The van der Waals surface area contributed by atoms with E-state index < -0.39 is 0 Å². The molecule has 0 radical (unpaired) electrons. The first-order valence-corrected chi connectivity index (χ1v) is 9.25. The quantitative estimate of drug-likeness (QED) is 0.889. The van der Waals surface area contributed by atoms with Crippen molar-refractivity contribution in [3.8, 4) is 0 Å². The van der Waals surface area contributed by atoms with Gasteiger partial charge in [0.25, 0.3) is 0 Å². The Bertz CT molecular complexity index is 565. The maximum Gasteiger partial charge on any atom is 0.0673 e. The predicted molar refractivity (Wildman–Crippen MR) is 90.9 cm³/mol. The van der Waals surface area contributed by atoms with Crippen molar-refractivity contribution in [1.82, 2.24) is 5.32 Å². The molecule has 1 atom stereocenters. The van der Waals surface area contributed by atoms with Crippen LogP contribution in [-0.2, 0) is 12.2 Å². The van der Waals surface area contributed by atoms with Crippen LogP contribution >= 0.6 is 23.1 Å². The van der Waals surface area contributed by atoms with Gasteiger partial charge < -0.3 is 5.32 Å². The van der Waals surface area contributed by atoms with Crippen LogP contribution in [0.2, 0.25) is 0 Å². The van der Waals surface area contributed by atoms with Crippen LogP contribution in [0, 0.1) is 6.92 Å². The minimum Gasteiger partial charge on any atom is -0.306 e. The van der Waals surface area contributed by atoms with E-state index in [4.69, 9.17) is 0 Å². The van der Waals surface area contributed by atoms with E-state index in [0.717, 1.165) is 6.54 Å². The van der Waals surface area contributed by atoms with Crippen LogP contribution in [0.3, 0.4) is 0 Å². The van der Waals surface area contributed by atoms with E-state index in [1.807, 2.05) is 11.3 Å². The first-order chi connectivity index (χ1) is 9.79. The van der Waals surface area contributed by atoms with Crippen LogP contribution < -0.4 is 5.32 Å². The second-order valence-corrected chi connectivity index (χ2v) is 7.52. The minimum atomic E-state index is 0.349. The summed E-state index contributed by atoms with van der Waals surface area (Å²) in [6, 6.07) is 11.5. The Kier molecular flexibility index (Phi) is 4.49. The van der Waals surface area contributed by atoms with Gasteiger partial charge in [0.15, 0.2) is 0 Å². The number of thioether (sulfide) groups is 1. The second kappa shape index (κ2) is 6.33. The van der Waals surface area contributed by atoms with Crippen molar-refractivity contribution < 1.29 is 0 Å². The summed E-state index contributed by atoms with van der Waals surface area (Å²) in [5.74, 6) is 2.47. The van der Waals surface area contributed by atoms with E-state index in [9.17, 15) is 0 Å². The molecule has 0 saturated heterocycles. The molecule has 0 aliphatic carbocycles. The summed E-state index contributed by atoms with van der Waals surface area (Å²) in [7, 11) is 0. The molecule has 1 aromatic heterocycles. The number of rotatable bonds is 4. The van der Waals surface area contributed by atoms with E-state index in [2.05, 4.69) is 61.3 Å². The normalized spacial score (nSPS) is 15.9. The lowest BCUT2D eigenvalue weighted by Crippen LogP contribution is -2.21. The van der Waals surface area contributed by atoms with Crippen LogP contribution in [-0.4, -0.2) is 12.3 Å². The monoisotopic (exact) mass is 303 g/mol. The molecule has 0 amide bonds. The summed E-state index contributed by atoms with van der Waals surface area (Å²) < 4.78 is 0. The summed E-state index contributed by atoms with van der Waals surface area (Å²) in [5.41, 5.74) is 4.36. The van der Waals surface area contributed by atoms with Gasteiger partial charge in [0.1, 0.15) is 0 Å². The first-order valence-electron chi connectivity index (χ1n) is 7.27. The summed E-state index contributed by atoms with van der Waals surface area (Å²) in [6.45, 7) is 5.40. The molecule has 20 heavy (non-hydrogen) atoms. The van der Waals surface area contributed by atoms with Crippen molar-refractivity contribution in [2.45, 2.75) is 32.1 Å². The Balaban J connectivity index is 1.98. The lowest BCUT2D eigenvalue weighted by Gasteiger charge is -2.19. The van der Waals surface area contributed by atoms with E-state index in [1.54, 1.807) is 10.4 Å². The molecule has 1 aromatic carbocycles. The number of hydrogen-bond acceptors (Lipinski definition) is 3. The van der Waals surface area contributed by atoms with Crippen LogP contribution in [0.15, 0.2) is 30.3 Å². The van der Waals surface area contributed by atoms with E-state index in [0.29, 0.717) is 6.04 Å². The fraction of sp³-hybridized carbons (Fsp3) is 0.412. The maximum absolute atomic E-state index is 3.67. The highest BCUT2D eigenvalue weighted by Crippen LogP contribution is 2.37. The summed E-state index contributed by atoms with van der Waals surface area (Å²) in [4.78, 5) is 3.09. The predicted octanol–water partition coefficient (Wildman–Crippen LogP) is 4.54. The van der Waals surface area contributed by atoms with Crippen molar-refractivity contribution in [1.29, 1.82) is 0 Å². The van der Waals surface area contributed by atoms with Crippen molar-refractivity contribution in [3.05, 3.63) is 56.8 Å². The zero-order valence-electron chi connectivity index (χ0n) is 12.1. The lowest BCUT2D eigenvalue weighted by atomic mass is 9.99. The van der Waals surface area contributed by atoms with Crippen LogP contribution in [0.4, 0.5) is 0 Å². The highest BCUT2D eigenvalue weighted by molar-refractivity contribution is 7.98. The molecule has 1 aliphatic rings. The van der Waals surface area contributed by atoms with Gasteiger partial charge in [-0.05, 0) is 48.4 Å². The highest BCUT2D eigenvalue weighted by atomic mass is 32.2. The van der Waals surface area contributed by atoms with Gasteiger partial charge in [-0.15, -0.1) is 11.3 Å². The Hall–Kier alpha value is -0.770. The molecule has 0 spiro atoms. The molecule has 1 unspecified atom stereocenters. The molecule has 2 aromatic rings. The first kappa shape index (κ1) is 14.2. The minimum absolute atomic E-state index is 0.349. The van der Waals surface area contributed by atoms with Crippen LogP contribution in [0.5, 0.6) is 0 Å². The average Bonchev–Trinajstić information content (AvgIpc) is 2.89. The van der Waals surface area contributed by atoms with Crippen LogP contribution in [0.25, 0.3) is 0 Å².